The summed E-state index contributed by atoms with van der Waals surface area (Å²) in [4.78, 5) is 12.7. The van der Waals surface area contributed by atoms with Crippen molar-refractivity contribution >= 4 is 17.0 Å². The van der Waals surface area contributed by atoms with Crippen LogP contribution in [0.4, 0.5) is 5.95 Å². The highest BCUT2D eigenvalue weighted by Gasteiger charge is 2.19. The molecule has 1 fully saturated rings. The zero-order valence-corrected chi connectivity index (χ0v) is 14.6. The third-order valence-electron chi connectivity index (χ3n) is 4.36. The van der Waals surface area contributed by atoms with Crippen LogP contribution in [0.15, 0.2) is 24.3 Å². The number of hydrogen-bond acceptors (Lipinski definition) is 5. The summed E-state index contributed by atoms with van der Waals surface area (Å²) in [5.41, 5.74) is 2.09. The molecule has 1 aromatic heterocycles. The number of β-amino-alcohol motifs (C(OH)–C–C–N with tert-alkyl or cyclic N) is 1. The lowest BCUT2D eigenvalue weighted by Crippen LogP contribution is -2.38. The van der Waals surface area contributed by atoms with E-state index in [-0.39, 0.29) is 6.10 Å². The number of aromatic amines is 1. The van der Waals surface area contributed by atoms with Gasteiger partial charge in [0, 0.05) is 26.2 Å². The Hall–Kier alpha value is -1.63. The van der Waals surface area contributed by atoms with Crippen LogP contribution >= 0.6 is 0 Å². The first kappa shape index (κ1) is 17.2. The molecule has 2 N–H and O–H groups in total. The highest BCUT2D eigenvalue weighted by molar-refractivity contribution is 5.77. The summed E-state index contributed by atoms with van der Waals surface area (Å²) in [5, 5.41) is 10.1. The first-order valence-corrected chi connectivity index (χ1v) is 8.83. The minimum absolute atomic E-state index is 0.160. The van der Waals surface area contributed by atoms with Crippen molar-refractivity contribution in [3.8, 4) is 0 Å². The monoisotopic (exact) mass is 332 g/mol. The lowest BCUT2D eigenvalue weighted by molar-refractivity contribution is -0.00767. The quantitative estimate of drug-likeness (QED) is 0.845. The Bertz CT molecular complexity index is 610. The average Bonchev–Trinajstić information content (AvgIpc) is 2.86. The van der Waals surface area contributed by atoms with Crippen molar-refractivity contribution in [1.29, 1.82) is 0 Å². The summed E-state index contributed by atoms with van der Waals surface area (Å²) in [7, 11) is 0. The molecule has 0 bridgehead atoms. The molecule has 132 valence electrons. The van der Waals surface area contributed by atoms with Crippen molar-refractivity contribution in [3.05, 3.63) is 24.3 Å². The fourth-order valence-corrected chi connectivity index (χ4v) is 3.11. The molecule has 0 amide bonds. The average molecular weight is 332 g/mol. The number of aromatic nitrogens is 2. The lowest BCUT2D eigenvalue weighted by atomic mass is 10.3. The van der Waals surface area contributed by atoms with Crippen LogP contribution < -0.4 is 4.90 Å². The molecule has 0 radical (unpaired) electrons. The van der Waals surface area contributed by atoms with Gasteiger partial charge in [0.2, 0.25) is 5.95 Å². The number of nitrogens with one attached hydrogen (secondary N) is 1. The number of hydrogen-bond donors (Lipinski definition) is 2. The molecule has 2 aromatic rings. The predicted molar refractivity (Wildman–Crippen MR) is 96.5 cm³/mol. The van der Waals surface area contributed by atoms with Gasteiger partial charge in [-0.15, -0.1) is 0 Å². The minimum Gasteiger partial charge on any atom is -0.389 e. The van der Waals surface area contributed by atoms with Crippen molar-refractivity contribution in [2.24, 2.45) is 0 Å². The van der Waals surface area contributed by atoms with E-state index in [9.17, 15) is 5.11 Å². The van der Waals surface area contributed by atoms with Crippen molar-refractivity contribution < 1.29 is 9.84 Å². The second-order valence-corrected chi connectivity index (χ2v) is 6.75. The van der Waals surface area contributed by atoms with Gasteiger partial charge in [0.15, 0.2) is 0 Å². The lowest BCUT2D eigenvalue weighted by Gasteiger charge is -2.24. The van der Waals surface area contributed by atoms with E-state index in [1.807, 2.05) is 32.0 Å². The number of nitrogens with zero attached hydrogens (tertiary/aromatic N) is 3. The molecule has 1 aromatic carbocycles. The Morgan fingerprint density at radius 2 is 2.04 bits per heavy atom. The SMILES string of the molecule is CC(C)OCC(O)CN1CCCN(c2nc3ccccc3[nH]2)CC1. The molecule has 0 spiro atoms. The van der Waals surface area contributed by atoms with Crippen LogP contribution in [0, 0.1) is 0 Å². The summed E-state index contributed by atoms with van der Waals surface area (Å²) in [6, 6.07) is 8.12. The van der Waals surface area contributed by atoms with Gasteiger partial charge in [-0.05, 0) is 38.9 Å². The molecule has 24 heavy (non-hydrogen) atoms. The predicted octanol–water partition coefficient (Wildman–Crippen LogP) is 1.86. The van der Waals surface area contributed by atoms with E-state index in [1.54, 1.807) is 0 Å². The number of anilines is 1. The van der Waals surface area contributed by atoms with E-state index in [1.165, 1.54) is 0 Å². The van der Waals surface area contributed by atoms with E-state index in [0.29, 0.717) is 13.2 Å². The summed E-state index contributed by atoms with van der Waals surface area (Å²) in [6.45, 7) is 8.87. The maximum absolute atomic E-state index is 10.1. The molecule has 1 aliphatic heterocycles. The zero-order chi connectivity index (χ0) is 16.9. The highest BCUT2D eigenvalue weighted by Crippen LogP contribution is 2.18. The summed E-state index contributed by atoms with van der Waals surface area (Å²) in [6.07, 6.45) is 0.798. The molecule has 3 rings (SSSR count). The van der Waals surface area contributed by atoms with Gasteiger partial charge in [-0.25, -0.2) is 4.98 Å². The number of rotatable bonds is 6. The standard InChI is InChI=1S/C18H28N4O2/c1-14(2)24-13-15(23)12-21-8-5-9-22(11-10-21)18-19-16-6-3-4-7-17(16)20-18/h3-4,6-7,14-15,23H,5,8-13H2,1-2H3,(H,19,20). The second kappa shape index (κ2) is 7.96. The molecular formula is C18H28N4O2. The second-order valence-electron chi connectivity index (χ2n) is 6.75. The molecule has 1 unspecified atom stereocenters. The molecule has 6 heteroatoms. The van der Waals surface area contributed by atoms with Gasteiger partial charge in [0.25, 0.3) is 0 Å². The Balaban J connectivity index is 1.54. The van der Waals surface area contributed by atoms with Gasteiger partial charge >= 0.3 is 0 Å². The number of imidazole rings is 1. The molecular weight excluding hydrogens is 304 g/mol. The van der Waals surface area contributed by atoms with Crippen LogP contribution in [0.2, 0.25) is 0 Å². The number of aliphatic hydroxyl groups excluding tert-OH is 1. The van der Waals surface area contributed by atoms with E-state index < -0.39 is 6.10 Å². The number of aliphatic hydroxyl groups is 1. The highest BCUT2D eigenvalue weighted by atomic mass is 16.5. The Morgan fingerprint density at radius 1 is 1.21 bits per heavy atom. The van der Waals surface area contributed by atoms with E-state index in [2.05, 4.69) is 20.9 Å². The maximum atomic E-state index is 10.1. The topological polar surface area (TPSA) is 64.6 Å². The maximum Gasteiger partial charge on any atom is 0.203 e. The number of benzene rings is 1. The summed E-state index contributed by atoms with van der Waals surface area (Å²) in [5.74, 6) is 0.946. The van der Waals surface area contributed by atoms with Gasteiger partial charge in [-0.3, -0.25) is 4.90 Å². The number of fused-ring (bicyclic) bond motifs is 1. The molecule has 0 aliphatic carbocycles. The van der Waals surface area contributed by atoms with Crippen LogP contribution in [0.3, 0.4) is 0 Å². The Labute approximate surface area is 143 Å². The first-order chi connectivity index (χ1) is 11.6. The van der Waals surface area contributed by atoms with E-state index in [4.69, 9.17) is 9.72 Å². The van der Waals surface area contributed by atoms with Crippen molar-refractivity contribution in [3.63, 3.8) is 0 Å². The Kier molecular flexibility index (Phi) is 5.71. The van der Waals surface area contributed by atoms with Crippen LogP contribution in [0.1, 0.15) is 20.3 Å². The molecule has 1 saturated heterocycles. The van der Waals surface area contributed by atoms with Crippen LogP contribution in [0.5, 0.6) is 0 Å². The van der Waals surface area contributed by atoms with Crippen LogP contribution in [-0.2, 0) is 4.74 Å². The number of para-hydroxylation sites is 2. The van der Waals surface area contributed by atoms with E-state index in [0.717, 1.165) is 49.6 Å². The van der Waals surface area contributed by atoms with Crippen molar-refractivity contribution in [1.82, 2.24) is 14.9 Å². The normalized spacial score (nSPS) is 18.2. The zero-order valence-electron chi connectivity index (χ0n) is 14.6. The third-order valence-corrected chi connectivity index (χ3v) is 4.36. The molecule has 2 heterocycles. The van der Waals surface area contributed by atoms with Gasteiger partial charge in [-0.2, -0.15) is 0 Å². The molecule has 0 saturated carbocycles. The van der Waals surface area contributed by atoms with Crippen LogP contribution in [0.25, 0.3) is 11.0 Å². The molecule has 1 atom stereocenters. The molecule has 1 aliphatic rings. The smallest absolute Gasteiger partial charge is 0.203 e. The van der Waals surface area contributed by atoms with Crippen molar-refractivity contribution in [2.45, 2.75) is 32.5 Å². The third kappa shape index (κ3) is 4.47. The minimum atomic E-state index is -0.426. The Morgan fingerprint density at radius 3 is 2.83 bits per heavy atom. The van der Waals surface area contributed by atoms with Crippen molar-refractivity contribution in [2.75, 3.05) is 44.2 Å². The summed E-state index contributed by atoms with van der Waals surface area (Å²) >= 11 is 0. The van der Waals surface area contributed by atoms with Gasteiger partial charge in [0.05, 0.1) is 29.8 Å². The fraction of sp³-hybridized carbons (Fsp3) is 0.611. The fourth-order valence-electron chi connectivity index (χ4n) is 3.11. The molecule has 6 nitrogen and oxygen atoms in total. The largest absolute Gasteiger partial charge is 0.389 e. The van der Waals surface area contributed by atoms with Crippen LogP contribution in [-0.4, -0.2) is 71.5 Å². The van der Waals surface area contributed by atoms with Gasteiger partial charge < -0.3 is 19.7 Å². The summed E-state index contributed by atoms with van der Waals surface area (Å²) < 4.78 is 5.50. The van der Waals surface area contributed by atoms with Gasteiger partial charge in [-0.1, -0.05) is 12.1 Å². The van der Waals surface area contributed by atoms with Gasteiger partial charge in [0.1, 0.15) is 0 Å². The number of H-pyrrole nitrogens is 1. The first-order valence-electron chi connectivity index (χ1n) is 8.83. The number of ether oxygens (including phenoxy) is 1. The van der Waals surface area contributed by atoms with E-state index >= 15 is 0 Å².